The minimum atomic E-state index is -1.29. The van der Waals surface area contributed by atoms with Gasteiger partial charge in [-0.15, -0.1) is 0 Å². The molecule has 5 atom stereocenters. The van der Waals surface area contributed by atoms with Gasteiger partial charge in [0.15, 0.2) is 29.0 Å². The van der Waals surface area contributed by atoms with E-state index in [4.69, 9.17) is 20.9 Å². The van der Waals surface area contributed by atoms with Crippen LogP contribution in [0.15, 0.2) is 47.2 Å². The number of aryl methyl sites for hydroxylation is 1. The highest BCUT2D eigenvalue weighted by atomic mass is 35.5. The lowest BCUT2D eigenvalue weighted by atomic mass is 10.1. The first-order valence-corrected chi connectivity index (χ1v) is 11.6. The van der Waals surface area contributed by atoms with Gasteiger partial charge in [0.05, 0.1) is 24.7 Å². The Bertz CT molecular complexity index is 1300. The SMILES string of the molecule is CCc1cc([C@H]2O[C@@H](n3cnc4c(N[C@H](CO)Cc5ccccc5)nc(Cl)nc43)[C@H](O)[C@@H]2O)on1. The number of halogens is 1. The Labute approximate surface area is 205 Å². The number of aliphatic hydroxyl groups is 3. The van der Waals surface area contributed by atoms with Crippen molar-refractivity contribution in [1.82, 2.24) is 24.7 Å². The third-order valence-corrected chi connectivity index (χ3v) is 6.18. The molecule has 0 unspecified atom stereocenters. The van der Waals surface area contributed by atoms with Gasteiger partial charge in [-0.2, -0.15) is 9.97 Å². The van der Waals surface area contributed by atoms with Crippen molar-refractivity contribution in [3.63, 3.8) is 0 Å². The van der Waals surface area contributed by atoms with Crippen LogP contribution in [0, 0.1) is 0 Å². The molecule has 1 saturated heterocycles. The summed E-state index contributed by atoms with van der Waals surface area (Å²) in [7, 11) is 0. The van der Waals surface area contributed by atoms with Crippen molar-refractivity contribution in [1.29, 1.82) is 0 Å². The van der Waals surface area contributed by atoms with E-state index in [1.54, 1.807) is 6.07 Å². The second-order valence-electron chi connectivity index (χ2n) is 8.38. The second kappa shape index (κ2) is 9.88. The predicted octanol–water partition coefficient (Wildman–Crippen LogP) is 2.04. The minimum absolute atomic E-state index is 0.0504. The zero-order valence-electron chi connectivity index (χ0n) is 18.8. The lowest BCUT2D eigenvalue weighted by molar-refractivity contribution is -0.0434. The fourth-order valence-corrected chi connectivity index (χ4v) is 4.35. The quantitative estimate of drug-likeness (QED) is 0.264. The molecule has 1 aromatic carbocycles. The Balaban J connectivity index is 1.43. The van der Waals surface area contributed by atoms with Crippen LogP contribution in [0.4, 0.5) is 5.82 Å². The van der Waals surface area contributed by atoms with E-state index in [9.17, 15) is 15.3 Å². The van der Waals surface area contributed by atoms with E-state index in [2.05, 4.69) is 25.4 Å². The average molecular weight is 501 g/mol. The highest BCUT2D eigenvalue weighted by Gasteiger charge is 2.47. The van der Waals surface area contributed by atoms with Crippen molar-refractivity contribution in [2.45, 2.75) is 50.3 Å². The van der Waals surface area contributed by atoms with Gasteiger partial charge >= 0.3 is 0 Å². The Morgan fingerprint density at radius 1 is 1.17 bits per heavy atom. The van der Waals surface area contributed by atoms with Gasteiger partial charge in [-0.1, -0.05) is 42.4 Å². The number of imidazole rings is 1. The Morgan fingerprint density at radius 2 is 1.97 bits per heavy atom. The van der Waals surface area contributed by atoms with Crippen LogP contribution in [0.3, 0.4) is 0 Å². The van der Waals surface area contributed by atoms with E-state index in [-0.39, 0.29) is 17.9 Å². The number of nitrogens with zero attached hydrogens (tertiary/aromatic N) is 5. The highest BCUT2D eigenvalue weighted by Crippen LogP contribution is 2.40. The number of rotatable bonds is 8. The van der Waals surface area contributed by atoms with E-state index >= 15 is 0 Å². The number of hydrogen-bond acceptors (Lipinski definition) is 10. The summed E-state index contributed by atoms with van der Waals surface area (Å²) in [5, 5.41) is 38.4. The standard InChI is InChI=1S/C23H25ClN6O5/c1-2-13-9-15(35-29-13)19-17(32)18(33)22(34-19)30-11-25-16-20(27-23(24)28-21(16)30)26-14(10-31)8-12-6-4-3-5-7-12/h3-7,9,11,14,17-19,22,31-33H,2,8,10H2,1H3,(H,26,27,28)/t14-,17-,18+,19+,22+/m0/s1. The number of fused-ring (bicyclic) bond motifs is 1. The molecule has 1 fully saturated rings. The van der Waals surface area contributed by atoms with E-state index in [1.807, 2.05) is 37.3 Å². The summed E-state index contributed by atoms with van der Waals surface area (Å²) < 4.78 is 12.8. The molecule has 1 aliphatic rings. The molecule has 0 aliphatic carbocycles. The molecule has 3 aromatic heterocycles. The maximum absolute atomic E-state index is 10.8. The van der Waals surface area contributed by atoms with Gasteiger partial charge in [0.2, 0.25) is 5.28 Å². The maximum Gasteiger partial charge on any atom is 0.226 e. The second-order valence-corrected chi connectivity index (χ2v) is 8.72. The van der Waals surface area contributed by atoms with Gasteiger partial charge in [-0.05, 0) is 30.0 Å². The summed E-state index contributed by atoms with van der Waals surface area (Å²) in [4.78, 5) is 12.9. The lowest BCUT2D eigenvalue weighted by Crippen LogP contribution is -2.29. The first-order chi connectivity index (χ1) is 17.0. The van der Waals surface area contributed by atoms with E-state index in [1.165, 1.54) is 10.9 Å². The number of ether oxygens (including phenoxy) is 1. The smallest absolute Gasteiger partial charge is 0.226 e. The summed E-state index contributed by atoms with van der Waals surface area (Å²) >= 11 is 6.21. The molecule has 0 saturated carbocycles. The molecule has 5 rings (SSSR count). The zero-order valence-corrected chi connectivity index (χ0v) is 19.6. The first-order valence-electron chi connectivity index (χ1n) is 11.3. The van der Waals surface area contributed by atoms with Crippen molar-refractivity contribution >= 4 is 28.6 Å². The van der Waals surface area contributed by atoms with E-state index in [0.717, 1.165) is 5.56 Å². The zero-order chi connectivity index (χ0) is 24.5. The highest BCUT2D eigenvalue weighted by molar-refractivity contribution is 6.28. The number of anilines is 1. The average Bonchev–Trinajstić information content (AvgIpc) is 3.57. The van der Waals surface area contributed by atoms with Crippen LogP contribution < -0.4 is 5.32 Å². The van der Waals surface area contributed by atoms with Gasteiger partial charge in [-0.25, -0.2) is 4.98 Å². The summed E-state index contributed by atoms with van der Waals surface area (Å²) in [5.74, 6) is 0.656. The molecule has 1 aliphatic heterocycles. The van der Waals surface area contributed by atoms with Gasteiger partial charge in [0.1, 0.15) is 18.3 Å². The maximum atomic E-state index is 10.8. The minimum Gasteiger partial charge on any atom is -0.394 e. The largest absolute Gasteiger partial charge is 0.394 e. The topological polar surface area (TPSA) is 152 Å². The van der Waals surface area contributed by atoms with Crippen LogP contribution in [0.2, 0.25) is 5.28 Å². The normalized spacial score (nSPS) is 23.1. The van der Waals surface area contributed by atoms with Gasteiger partial charge in [0, 0.05) is 6.07 Å². The number of benzene rings is 1. The van der Waals surface area contributed by atoms with E-state index in [0.29, 0.717) is 41.3 Å². The number of aliphatic hydroxyl groups excluding tert-OH is 3. The molecular formula is C23H25ClN6O5. The van der Waals surface area contributed by atoms with Gasteiger partial charge in [0.25, 0.3) is 0 Å². The number of hydrogen-bond donors (Lipinski definition) is 4. The summed E-state index contributed by atoms with van der Waals surface area (Å²) in [5.41, 5.74) is 2.43. The molecule has 0 bridgehead atoms. The monoisotopic (exact) mass is 500 g/mol. The van der Waals surface area contributed by atoms with Crippen LogP contribution in [-0.4, -0.2) is 64.9 Å². The molecule has 12 heteroatoms. The van der Waals surface area contributed by atoms with Crippen molar-refractivity contribution in [3.05, 3.63) is 65.0 Å². The molecule has 4 heterocycles. The fraction of sp³-hybridized carbons (Fsp3) is 0.391. The lowest BCUT2D eigenvalue weighted by Gasteiger charge is -2.18. The van der Waals surface area contributed by atoms with Crippen LogP contribution in [0.1, 0.15) is 36.3 Å². The molecule has 184 valence electrons. The first kappa shape index (κ1) is 23.6. The molecule has 35 heavy (non-hydrogen) atoms. The number of aromatic nitrogens is 5. The van der Waals surface area contributed by atoms with Crippen LogP contribution in [-0.2, 0) is 17.6 Å². The third kappa shape index (κ3) is 4.60. The van der Waals surface area contributed by atoms with Crippen molar-refractivity contribution in [2.24, 2.45) is 0 Å². The van der Waals surface area contributed by atoms with E-state index < -0.39 is 24.5 Å². The molecule has 4 N–H and O–H groups in total. The molecule has 4 aromatic rings. The Hall–Kier alpha value is -3.09. The molecule has 0 radical (unpaired) electrons. The summed E-state index contributed by atoms with van der Waals surface area (Å²) in [6, 6.07) is 11.1. The van der Waals surface area contributed by atoms with Gasteiger partial charge in [-0.3, -0.25) is 4.57 Å². The molecule has 0 amide bonds. The summed E-state index contributed by atoms with van der Waals surface area (Å²) in [6.07, 6.45) is -1.82. The summed E-state index contributed by atoms with van der Waals surface area (Å²) in [6.45, 7) is 1.78. The molecular weight excluding hydrogens is 476 g/mol. The Kier molecular flexibility index (Phi) is 6.67. The molecule has 11 nitrogen and oxygen atoms in total. The van der Waals surface area contributed by atoms with Crippen molar-refractivity contribution in [2.75, 3.05) is 11.9 Å². The molecule has 0 spiro atoms. The predicted molar refractivity (Wildman–Crippen MR) is 126 cm³/mol. The number of nitrogens with one attached hydrogen (secondary N) is 1. The van der Waals surface area contributed by atoms with Gasteiger partial charge < -0.3 is 29.9 Å². The third-order valence-electron chi connectivity index (χ3n) is 6.01. The van der Waals surface area contributed by atoms with Crippen molar-refractivity contribution < 1.29 is 24.6 Å². The van der Waals surface area contributed by atoms with Crippen molar-refractivity contribution in [3.8, 4) is 0 Å². The Morgan fingerprint density at radius 3 is 2.69 bits per heavy atom. The van der Waals surface area contributed by atoms with Crippen LogP contribution in [0.25, 0.3) is 11.2 Å². The fourth-order valence-electron chi connectivity index (χ4n) is 4.18. The van der Waals surface area contributed by atoms with Crippen LogP contribution in [0.5, 0.6) is 0 Å². The van der Waals surface area contributed by atoms with Crippen LogP contribution >= 0.6 is 11.6 Å².